The van der Waals surface area contributed by atoms with Crippen LogP contribution in [-0.4, -0.2) is 34.5 Å². The molecule has 1 aliphatic heterocycles. The van der Waals surface area contributed by atoms with E-state index in [2.05, 4.69) is 15.5 Å². The van der Waals surface area contributed by atoms with Crippen LogP contribution < -0.4 is 10.2 Å². The zero-order chi connectivity index (χ0) is 22.6. The van der Waals surface area contributed by atoms with Gasteiger partial charge in [-0.1, -0.05) is 55.5 Å². The molecule has 7 nitrogen and oxygen atoms in total. The molecule has 0 spiro atoms. The van der Waals surface area contributed by atoms with Crippen molar-refractivity contribution in [1.82, 2.24) is 15.5 Å². The Labute approximate surface area is 197 Å². The van der Waals surface area contributed by atoms with Gasteiger partial charge in [0.25, 0.3) is 5.89 Å². The first kappa shape index (κ1) is 21.8. The van der Waals surface area contributed by atoms with Crippen molar-refractivity contribution in [1.29, 1.82) is 0 Å². The number of carbonyl (C=O) groups is 2. The van der Waals surface area contributed by atoms with Gasteiger partial charge in [-0.2, -0.15) is 4.98 Å². The summed E-state index contributed by atoms with van der Waals surface area (Å²) in [6, 6.07) is 11.6. The van der Waals surface area contributed by atoms with Crippen LogP contribution >= 0.6 is 11.3 Å². The van der Waals surface area contributed by atoms with Gasteiger partial charge in [-0.25, -0.2) is 0 Å². The summed E-state index contributed by atoms with van der Waals surface area (Å²) < 4.78 is 5.40. The van der Waals surface area contributed by atoms with Crippen molar-refractivity contribution in [2.45, 2.75) is 57.4 Å². The topological polar surface area (TPSA) is 88.3 Å². The largest absolute Gasteiger partial charge is 0.353 e. The van der Waals surface area contributed by atoms with E-state index in [-0.39, 0.29) is 30.2 Å². The maximum Gasteiger partial charge on any atom is 0.268 e. The summed E-state index contributed by atoms with van der Waals surface area (Å²) in [5.74, 6) is 0.616. The van der Waals surface area contributed by atoms with Crippen LogP contribution in [0.15, 0.2) is 46.3 Å². The molecular formula is C25H28N4O3S. The van der Waals surface area contributed by atoms with E-state index in [0.717, 1.165) is 41.8 Å². The minimum atomic E-state index is -0.317. The molecule has 1 saturated carbocycles. The SMILES string of the molecule is O=C(NC1CCCCCCC1)C1CC(=O)N(c2cccc(-c3noc(-c4cccs4)n3)c2)C1. The minimum absolute atomic E-state index is 0.00587. The van der Waals surface area contributed by atoms with Gasteiger partial charge in [0, 0.05) is 30.3 Å². The molecule has 1 atom stereocenters. The summed E-state index contributed by atoms with van der Waals surface area (Å²) in [6.07, 6.45) is 8.43. The number of thiophene rings is 1. The first-order valence-electron chi connectivity index (χ1n) is 11.8. The summed E-state index contributed by atoms with van der Waals surface area (Å²) in [5, 5.41) is 9.29. The standard InChI is InChI=1S/C25H28N4O3S/c30-22-15-18(24(31)26-19-9-4-2-1-3-5-10-19)16-29(22)20-11-6-8-17(14-20)23-27-25(32-28-23)21-12-7-13-33-21/h6-8,11-14,18-19H,1-5,9-10,15-16H2,(H,26,31). The third-order valence-electron chi connectivity index (χ3n) is 6.52. The van der Waals surface area contributed by atoms with Crippen molar-refractivity contribution < 1.29 is 14.1 Å². The van der Waals surface area contributed by atoms with Crippen LogP contribution in [0, 0.1) is 5.92 Å². The molecule has 1 aliphatic carbocycles. The van der Waals surface area contributed by atoms with Crippen LogP contribution in [0.1, 0.15) is 51.4 Å². The van der Waals surface area contributed by atoms with Gasteiger partial charge in [0.15, 0.2) is 0 Å². The predicted octanol–water partition coefficient (Wildman–Crippen LogP) is 5.05. The number of amides is 2. The Hall–Kier alpha value is -3.00. The Kier molecular flexibility index (Phi) is 6.53. The minimum Gasteiger partial charge on any atom is -0.353 e. The molecule has 33 heavy (non-hydrogen) atoms. The van der Waals surface area contributed by atoms with E-state index in [1.807, 2.05) is 41.8 Å². The molecule has 8 heteroatoms. The lowest BCUT2D eigenvalue weighted by Gasteiger charge is -2.23. The first-order valence-corrected chi connectivity index (χ1v) is 12.6. The second-order valence-electron chi connectivity index (χ2n) is 8.91. The zero-order valence-corrected chi connectivity index (χ0v) is 19.4. The lowest BCUT2D eigenvalue weighted by molar-refractivity contribution is -0.127. The molecule has 3 heterocycles. The maximum absolute atomic E-state index is 12.9. The summed E-state index contributed by atoms with van der Waals surface area (Å²) >= 11 is 1.54. The zero-order valence-electron chi connectivity index (χ0n) is 18.5. The molecule has 1 unspecified atom stereocenters. The molecule has 1 saturated heterocycles. The van der Waals surface area contributed by atoms with Crippen LogP contribution in [-0.2, 0) is 9.59 Å². The number of carbonyl (C=O) groups excluding carboxylic acids is 2. The van der Waals surface area contributed by atoms with Crippen LogP contribution in [0.5, 0.6) is 0 Å². The van der Waals surface area contributed by atoms with Crippen molar-refractivity contribution >= 4 is 28.8 Å². The molecular weight excluding hydrogens is 436 g/mol. The summed E-state index contributed by atoms with van der Waals surface area (Å²) in [6.45, 7) is 0.396. The van der Waals surface area contributed by atoms with Crippen LogP contribution in [0.2, 0.25) is 0 Å². The Morgan fingerprint density at radius 2 is 1.91 bits per heavy atom. The first-order chi connectivity index (χ1) is 16.2. The van der Waals surface area contributed by atoms with E-state index in [9.17, 15) is 9.59 Å². The van der Waals surface area contributed by atoms with E-state index in [1.165, 1.54) is 30.6 Å². The number of hydrogen-bond donors (Lipinski definition) is 1. The highest BCUT2D eigenvalue weighted by Gasteiger charge is 2.36. The third-order valence-corrected chi connectivity index (χ3v) is 7.38. The highest BCUT2D eigenvalue weighted by atomic mass is 32.1. The van der Waals surface area contributed by atoms with Gasteiger partial charge >= 0.3 is 0 Å². The molecule has 3 aromatic rings. The quantitative estimate of drug-likeness (QED) is 0.571. The van der Waals surface area contributed by atoms with E-state index in [0.29, 0.717) is 18.3 Å². The molecule has 1 aromatic carbocycles. The van der Waals surface area contributed by atoms with E-state index in [1.54, 1.807) is 4.90 Å². The van der Waals surface area contributed by atoms with Gasteiger partial charge < -0.3 is 14.7 Å². The average Bonchev–Trinajstić information content (AvgIpc) is 3.56. The Balaban J connectivity index is 1.26. The molecule has 2 fully saturated rings. The van der Waals surface area contributed by atoms with E-state index >= 15 is 0 Å². The van der Waals surface area contributed by atoms with Crippen LogP contribution in [0.4, 0.5) is 5.69 Å². The highest BCUT2D eigenvalue weighted by molar-refractivity contribution is 7.13. The lowest BCUT2D eigenvalue weighted by atomic mass is 9.96. The Bertz CT molecular complexity index is 1100. The molecule has 5 rings (SSSR count). The van der Waals surface area contributed by atoms with Crippen LogP contribution in [0.25, 0.3) is 22.2 Å². The molecule has 2 aromatic heterocycles. The lowest BCUT2D eigenvalue weighted by Crippen LogP contribution is -2.40. The number of benzene rings is 1. The van der Waals surface area contributed by atoms with Gasteiger partial charge in [-0.15, -0.1) is 11.3 Å². The molecule has 2 aliphatic rings. The molecule has 172 valence electrons. The molecule has 1 N–H and O–H groups in total. The van der Waals surface area contributed by atoms with Crippen LogP contribution in [0.3, 0.4) is 0 Å². The smallest absolute Gasteiger partial charge is 0.268 e. The molecule has 2 amide bonds. The van der Waals surface area contributed by atoms with E-state index < -0.39 is 0 Å². The number of nitrogens with one attached hydrogen (secondary N) is 1. The Morgan fingerprint density at radius 1 is 1.09 bits per heavy atom. The maximum atomic E-state index is 12.9. The van der Waals surface area contributed by atoms with Gasteiger partial charge in [-0.05, 0) is 36.4 Å². The van der Waals surface area contributed by atoms with E-state index in [4.69, 9.17) is 4.52 Å². The fraction of sp³-hybridized carbons (Fsp3) is 0.440. The van der Waals surface area contributed by atoms with Gasteiger partial charge in [0.2, 0.25) is 17.6 Å². The van der Waals surface area contributed by atoms with Crippen molar-refractivity contribution in [3.8, 4) is 22.2 Å². The second kappa shape index (κ2) is 9.87. The monoisotopic (exact) mass is 464 g/mol. The van der Waals surface area contributed by atoms with Crippen molar-refractivity contribution in [3.05, 3.63) is 41.8 Å². The number of nitrogens with zero attached hydrogens (tertiary/aromatic N) is 3. The molecule has 0 radical (unpaired) electrons. The second-order valence-corrected chi connectivity index (χ2v) is 9.85. The average molecular weight is 465 g/mol. The number of rotatable bonds is 5. The highest BCUT2D eigenvalue weighted by Crippen LogP contribution is 2.30. The third kappa shape index (κ3) is 5.00. The summed E-state index contributed by atoms with van der Waals surface area (Å²) in [7, 11) is 0. The fourth-order valence-electron chi connectivity index (χ4n) is 4.71. The number of hydrogen-bond acceptors (Lipinski definition) is 6. The van der Waals surface area contributed by atoms with Crippen molar-refractivity contribution in [2.24, 2.45) is 5.92 Å². The van der Waals surface area contributed by atoms with Gasteiger partial charge in [0.1, 0.15) is 0 Å². The fourth-order valence-corrected chi connectivity index (χ4v) is 5.35. The normalized spacial score (nSPS) is 19.9. The summed E-state index contributed by atoms with van der Waals surface area (Å²) in [4.78, 5) is 32.8. The molecule has 0 bridgehead atoms. The van der Waals surface area contributed by atoms with Crippen molar-refractivity contribution in [2.75, 3.05) is 11.4 Å². The Morgan fingerprint density at radius 3 is 2.70 bits per heavy atom. The number of anilines is 1. The van der Waals surface area contributed by atoms with Crippen molar-refractivity contribution in [3.63, 3.8) is 0 Å². The summed E-state index contributed by atoms with van der Waals surface area (Å²) in [5.41, 5.74) is 1.52. The van der Waals surface area contributed by atoms with Gasteiger partial charge in [0.05, 0.1) is 10.8 Å². The number of aromatic nitrogens is 2. The van der Waals surface area contributed by atoms with Gasteiger partial charge in [-0.3, -0.25) is 9.59 Å². The predicted molar refractivity (Wildman–Crippen MR) is 128 cm³/mol.